The Balaban J connectivity index is 2.00. The molecule has 1 aromatic rings. The van der Waals surface area contributed by atoms with Gasteiger partial charge in [0.25, 0.3) is 5.91 Å². The van der Waals surface area contributed by atoms with Crippen molar-refractivity contribution in [3.05, 3.63) is 29.3 Å². The van der Waals surface area contributed by atoms with E-state index in [2.05, 4.69) is 10.3 Å². The molecule has 1 fully saturated rings. The van der Waals surface area contributed by atoms with Gasteiger partial charge in [0.1, 0.15) is 0 Å². The van der Waals surface area contributed by atoms with Gasteiger partial charge >= 0.3 is 0 Å². The minimum Gasteiger partial charge on any atom is -0.340 e. The first kappa shape index (κ1) is 14.8. The molecule has 1 amide bonds. The molecule has 1 aliphatic heterocycles. The smallest absolute Gasteiger partial charge is 0.255 e. The van der Waals surface area contributed by atoms with Gasteiger partial charge in [0.15, 0.2) is 0 Å². The number of amides is 1. The SMILES string of the molecule is Cc1ccc(NN)c(C(=O)N(C)CCN2CCCC2)c1. The van der Waals surface area contributed by atoms with Crippen molar-refractivity contribution in [1.82, 2.24) is 9.80 Å². The summed E-state index contributed by atoms with van der Waals surface area (Å²) in [5, 5.41) is 0. The van der Waals surface area contributed by atoms with E-state index in [0.29, 0.717) is 11.3 Å². The van der Waals surface area contributed by atoms with E-state index in [4.69, 9.17) is 5.84 Å². The Bertz CT molecular complexity index is 469. The van der Waals surface area contributed by atoms with Crippen LogP contribution in [-0.2, 0) is 0 Å². The molecule has 5 nitrogen and oxygen atoms in total. The maximum atomic E-state index is 12.5. The zero-order valence-electron chi connectivity index (χ0n) is 12.4. The number of nitrogens with zero attached hydrogens (tertiary/aromatic N) is 2. The Morgan fingerprint density at radius 1 is 1.40 bits per heavy atom. The van der Waals surface area contributed by atoms with Crippen molar-refractivity contribution in [2.24, 2.45) is 5.84 Å². The van der Waals surface area contributed by atoms with Crippen LogP contribution in [0.2, 0.25) is 0 Å². The lowest BCUT2D eigenvalue weighted by atomic mass is 10.1. The second-order valence-electron chi connectivity index (χ2n) is 5.47. The Kier molecular flexibility index (Phi) is 4.98. The molecular weight excluding hydrogens is 252 g/mol. The number of nitrogens with one attached hydrogen (secondary N) is 1. The van der Waals surface area contributed by atoms with Gasteiger partial charge in [-0.1, -0.05) is 11.6 Å². The highest BCUT2D eigenvalue weighted by molar-refractivity contribution is 5.99. The predicted molar refractivity (Wildman–Crippen MR) is 81.6 cm³/mol. The molecule has 5 heteroatoms. The predicted octanol–water partition coefficient (Wildman–Crippen LogP) is 1.45. The highest BCUT2D eigenvalue weighted by Gasteiger charge is 2.17. The number of hydrazine groups is 1. The van der Waals surface area contributed by atoms with Crippen molar-refractivity contribution in [1.29, 1.82) is 0 Å². The largest absolute Gasteiger partial charge is 0.340 e. The summed E-state index contributed by atoms with van der Waals surface area (Å²) in [5.74, 6) is 5.50. The van der Waals surface area contributed by atoms with Gasteiger partial charge in [-0.3, -0.25) is 10.6 Å². The zero-order chi connectivity index (χ0) is 14.5. The second kappa shape index (κ2) is 6.72. The molecule has 0 aliphatic carbocycles. The molecule has 3 N–H and O–H groups in total. The van der Waals surface area contributed by atoms with E-state index >= 15 is 0 Å². The van der Waals surface area contributed by atoms with Crippen LogP contribution in [0.4, 0.5) is 5.69 Å². The van der Waals surface area contributed by atoms with Crippen molar-refractivity contribution in [3.63, 3.8) is 0 Å². The summed E-state index contributed by atoms with van der Waals surface area (Å²) < 4.78 is 0. The van der Waals surface area contributed by atoms with Gasteiger partial charge in [-0.15, -0.1) is 0 Å². The molecule has 110 valence electrons. The van der Waals surface area contributed by atoms with Crippen molar-refractivity contribution in [3.8, 4) is 0 Å². The molecule has 1 aromatic carbocycles. The number of likely N-dealkylation sites (N-methyl/N-ethyl adjacent to an activating group) is 1. The lowest BCUT2D eigenvalue weighted by Crippen LogP contribution is -2.35. The van der Waals surface area contributed by atoms with E-state index in [-0.39, 0.29) is 5.91 Å². The number of aryl methyl sites for hydroxylation is 1. The standard InChI is InChI=1S/C15H24N4O/c1-12-5-6-14(17-16)13(11-12)15(20)18(2)9-10-19-7-3-4-8-19/h5-6,11,17H,3-4,7-10,16H2,1-2H3. The molecule has 20 heavy (non-hydrogen) atoms. The first-order valence-corrected chi connectivity index (χ1v) is 7.17. The van der Waals surface area contributed by atoms with Gasteiger partial charge in [-0.05, 0) is 45.0 Å². The van der Waals surface area contributed by atoms with E-state index in [9.17, 15) is 4.79 Å². The molecule has 0 bridgehead atoms. The molecular formula is C15H24N4O. The third-order valence-corrected chi connectivity index (χ3v) is 3.86. The number of rotatable bonds is 5. The first-order chi connectivity index (χ1) is 9.61. The van der Waals surface area contributed by atoms with Gasteiger partial charge in [-0.25, -0.2) is 0 Å². The fourth-order valence-corrected chi connectivity index (χ4v) is 2.57. The minimum atomic E-state index is 0.0147. The van der Waals surface area contributed by atoms with Crippen molar-refractivity contribution < 1.29 is 4.79 Å². The van der Waals surface area contributed by atoms with Crippen LogP contribution in [0.25, 0.3) is 0 Å². The van der Waals surface area contributed by atoms with Crippen LogP contribution < -0.4 is 11.3 Å². The zero-order valence-corrected chi connectivity index (χ0v) is 12.4. The summed E-state index contributed by atoms with van der Waals surface area (Å²) in [6.07, 6.45) is 2.55. The normalized spacial score (nSPS) is 15.3. The van der Waals surface area contributed by atoms with Crippen LogP contribution in [-0.4, -0.2) is 48.9 Å². The first-order valence-electron chi connectivity index (χ1n) is 7.17. The van der Waals surface area contributed by atoms with Crippen LogP contribution in [0.1, 0.15) is 28.8 Å². The van der Waals surface area contributed by atoms with E-state index < -0.39 is 0 Å². The molecule has 2 rings (SSSR count). The number of likely N-dealkylation sites (tertiary alicyclic amines) is 1. The summed E-state index contributed by atoms with van der Waals surface area (Å²) in [4.78, 5) is 16.7. The highest BCUT2D eigenvalue weighted by atomic mass is 16.2. The molecule has 1 saturated heterocycles. The lowest BCUT2D eigenvalue weighted by molar-refractivity contribution is 0.0783. The molecule has 0 aromatic heterocycles. The Labute approximate surface area is 120 Å². The van der Waals surface area contributed by atoms with Gasteiger partial charge in [-0.2, -0.15) is 0 Å². The van der Waals surface area contributed by atoms with Crippen molar-refractivity contribution in [2.45, 2.75) is 19.8 Å². The van der Waals surface area contributed by atoms with Crippen LogP contribution in [0.5, 0.6) is 0 Å². The highest BCUT2D eigenvalue weighted by Crippen LogP contribution is 2.18. The van der Waals surface area contributed by atoms with Crippen molar-refractivity contribution >= 4 is 11.6 Å². The fraction of sp³-hybridized carbons (Fsp3) is 0.533. The average molecular weight is 276 g/mol. The number of nitrogens with two attached hydrogens (primary N) is 1. The summed E-state index contributed by atoms with van der Waals surface area (Å²) in [6, 6.07) is 5.66. The minimum absolute atomic E-state index is 0.0147. The molecule has 1 heterocycles. The number of hydrogen-bond donors (Lipinski definition) is 2. The van der Waals surface area contributed by atoms with Gasteiger partial charge < -0.3 is 15.2 Å². The van der Waals surface area contributed by atoms with Crippen LogP contribution in [0.3, 0.4) is 0 Å². The molecule has 0 spiro atoms. The molecule has 0 atom stereocenters. The van der Waals surface area contributed by atoms with Crippen LogP contribution >= 0.6 is 0 Å². The number of carbonyl (C=O) groups is 1. The summed E-state index contributed by atoms with van der Waals surface area (Å²) >= 11 is 0. The number of carbonyl (C=O) groups excluding carboxylic acids is 1. The van der Waals surface area contributed by atoms with E-state index in [1.807, 2.05) is 32.2 Å². The average Bonchev–Trinajstić information content (AvgIpc) is 2.97. The van der Waals surface area contributed by atoms with Gasteiger partial charge in [0, 0.05) is 20.1 Å². The summed E-state index contributed by atoms with van der Waals surface area (Å²) in [7, 11) is 1.85. The van der Waals surface area contributed by atoms with Crippen LogP contribution in [0.15, 0.2) is 18.2 Å². The van der Waals surface area contributed by atoms with E-state index in [1.165, 1.54) is 12.8 Å². The van der Waals surface area contributed by atoms with Crippen LogP contribution in [0, 0.1) is 6.92 Å². The maximum Gasteiger partial charge on any atom is 0.255 e. The third-order valence-electron chi connectivity index (χ3n) is 3.86. The topological polar surface area (TPSA) is 61.6 Å². The van der Waals surface area contributed by atoms with Gasteiger partial charge in [0.2, 0.25) is 0 Å². The summed E-state index contributed by atoms with van der Waals surface area (Å²) in [6.45, 7) is 5.97. The number of hydrogen-bond acceptors (Lipinski definition) is 4. The molecule has 1 aliphatic rings. The molecule has 0 unspecified atom stereocenters. The Hall–Kier alpha value is -1.59. The monoisotopic (exact) mass is 276 g/mol. The lowest BCUT2D eigenvalue weighted by Gasteiger charge is -2.22. The molecule has 0 radical (unpaired) electrons. The molecule has 0 saturated carbocycles. The van der Waals surface area contributed by atoms with E-state index in [0.717, 1.165) is 31.7 Å². The summed E-state index contributed by atoms with van der Waals surface area (Å²) in [5.41, 5.74) is 4.96. The van der Waals surface area contributed by atoms with Crippen molar-refractivity contribution in [2.75, 3.05) is 38.7 Å². The Morgan fingerprint density at radius 2 is 2.10 bits per heavy atom. The third kappa shape index (κ3) is 3.49. The number of anilines is 1. The van der Waals surface area contributed by atoms with E-state index in [1.54, 1.807) is 4.90 Å². The van der Waals surface area contributed by atoms with Gasteiger partial charge in [0.05, 0.1) is 11.3 Å². The Morgan fingerprint density at radius 3 is 2.75 bits per heavy atom. The quantitative estimate of drug-likeness (QED) is 0.631. The number of benzene rings is 1. The number of nitrogen functional groups attached to an aromatic ring is 1. The second-order valence-corrected chi connectivity index (χ2v) is 5.47. The maximum absolute atomic E-state index is 12.5. The fourth-order valence-electron chi connectivity index (χ4n) is 2.57.